The van der Waals surface area contributed by atoms with Gasteiger partial charge in [0.05, 0.1) is 16.3 Å². The summed E-state index contributed by atoms with van der Waals surface area (Å²) in [5.74, 6) is -0.0285. The smallest absolute Gasteiger partial charge is 0.267 e. The highest BCUT2D eigenvalue weighted by Gasteiger charge is 2.13. The molecular formula is C19H17N3O2S2. The minimum Gasteiger partial charge on any atom is -0.267 e. The van der Waals surface area contributed by atoms with E-state index < -0.39 is 0 Å². The number of aromatic nitrogens is 1. The highest BCUT2D eigenvalue weighted by Crippen LogP contribution is 2.26. The number of rotatable bonds is 5. The average molecular weight is 383 g/mol. The van der Waals surface area contributed by atoms with Gasteiger partial charge in [-0.2, -0.15) is 0 Å². The summed E-state index contributed by atoms with van der Waals surface area (Å²) in [6.45, 7) is 1.97. The topological polar surface area (TPSA) is 71.1 Å². The van der Waals surface area contributed by atoms with Gasteiger partial charge in [0.15, 0.2) is 0 Å². The molecular weight excluding hydrogens is 366 g/mol. The van der Waals surface area contributed by atoms with Crippen LogP contribution in [0.15, 0.2) is 64.9 Å². The Hall–Kier alpha value is -2.64. The first-order chi connectivity index (χ1) is 12.6. The Bertz CT molecular complexity index is 910. The first-order valence-electron chi connectivity index (χ1n) is 7.92. The summed E-state index contributed by atoms with van der Waals surface area (Å²) in [5, 5.41) is 3.04. The van der Waals surface area contributed by atoms with Gasteiger partial charge in [-0.15, -0.1) is 23.1 Å². The largest absolute Gasteiger partial charge is 0.270 e. The zero-order valence-electron chi connectivity index (χ0n) is 14.1. The molecule has 0 aliphatic carbocycles. The molecule has 2 amide bonds. The van der Waals surface area contributed by atoms with Gasteiger partial charge in [-0.25, -0.2) is 4.98 Å². The van der Waals surface area contributed by atoms with Crippen molar-refractivity contribution in [2.24, 2.45) is 0 Å². The summed E-state index contributed by atoms with van der Waals surface area (Å²) in [4.78, 5) is 29.8. The molecule has 5 nitrogen and oxygen atoms in total. The Morgan fingerprint density at radius 1 is 1.00 bits per heavy atom. The standard InChI is InChI=1S/C19H17N3O2S2/c1-13-20-15(11-25-13)12-26-17-10-6-5-9-16(17)19(24)22-21-18(23)14-7-3-2-4-8-14/h2-11H,12H2,1H3,(H,21,23)(H,22,24). The molecule has 2 aromatic carbocycles. The molecule has 1 heterocycles. The second-order valence-corrected chi connectivity index (χ2v) is 7.50. The summed E-state index contributed by atoms with van der Waals surface area (Å²) in [6.07, 6.45) is 0. The van der Waals surface area contributed by atoms with Crippen LogP contribution in [0.3, 0.4) is 0 Å². The van der Waals surface area contributed by atoms with Gasteiger partial charge in [0.25, 0.3) is 11.8 Å². The predicted octanol–water partition coefficient (Wildman–Crippen LogP) is 3.82. The summed E-state index contributed by atoms with van der Waals surface area (Å²) in [7, 11) is 0. The minimum atomic E-state index is -0.359. The molecule has 26 heavy (non-hydrogen) atoms. The number of thioether (sulfide) groups is 1. The van der Waals surface area contributed by atoms with Crippen molar-refractivity contribution in [1.29, 1.82) is 0 Å². The maximum absolute atomic E-state index is 12.5. The number of amides is 2. The first-order valence-corrected chi connectivity index (χ1v) is 9.78. The van der Waals surface area contributed by atoms with E-state index in [1.54, 1.807) is 59.5 Å². The molecule has 3 aromatic rings. The van der Waals surface area contributed by atoms with Crippen LogP contribution in [-0.2, 0) is 5.75 Å². The van der Waals surface area contributed by atoms with Crippen molar-refractivity contribution in [3.05, 3.63) is 81.8 Å². The lowest BCUT2D eigenvalue weighted by molar-refractivity contribution is 0.0845. The fourth-order valence-electron chi connectivity index (χ4n) is 2.25. The van der Waals surface area contributed by atoms with Crippen LogP contribution in [-0.4, -0.2) is 16.8 Å². The molecule has 7 heteroatoms. The third kappa shape index (κ3) is 4.71. The maximum Gasteiger partial charge on any atom is 0.270 e. The van der Waals surface area contributed by atoms with E-state index >= 15 is 0 Å². The van der Waals surface area contributed by atoms with Gasteiger partial charge in [-0.1, -0.05) is 30.3 Å². The quantitative estimate of drug-likeness (QED) is 0.519. The van der Waals surface area contributed by atoms with E-state index in [2.05, 4.69) is 15.8 Å². The van der Waals surface area contributed by atoms with Crippen LogP contribution >= 0.6 is 23.1 Å². The molecule has 2 N–H and O–H groups in total. The van der Waals surface area contributed by atoms with Gasteiger partial charge in [0.1, 0.15) is 0 Å². The molecule has 1 aromatic heterocycles. The number of carbonyl (C=O) groups is 2. The lowest BCUT2D eigenvalue weighted by Crippen LogP contribution is -2.41. The number of hydrazine groups is 1. The van der Waals surface area contributed by atoms with Crippen LogP contribution in [0.2, 0.25) is 0 Å². The monoisotopic (exact) mass is 383 g/mol. The highest BCUT2D eigenvalue weighted by atomic mass is 32.2. The Morgan fingerprint density at radius 3 is 2.42 bits per heavy atom. The molecule has 0 radical (unpaired) electrons. The maximum atomic E-state index is 12.5. The van der Waals surface area contributed by atoms with Crippen LogP contribution in [0.1, 0.15) is 31.4 Å². The lowest BCUT2D eigenvalue weighted by atomic mass is 10.2. The van der Waals surface area contributed by atoms with Crippen LogP contribution < -0.4 is 10.9 Å². The van der Waals surface area contributed by atoms with E-state index in [0.29, 0.717) is 16.9 Å². The van der Waals surface area contributed by atoms with Crippen molar-refractivity contribution in [3.63, 3.8) is 0 Å². The molecule has 3 rings (SSSR count). The first kappa shape index (κ1) is 18.2. The zero-order valence-corrected chi connectivity index (χ0v) is 15.7. The zero-order chi connectivity index (χ0) is 18.4. The number of carbonyl (C=O) groups excluding carboxylic acids is 2. The second kappa shape index (κ2) is 8.64. The lowest BCUT2D eigenvalue weighted by Gasteiger charge is -2.10. The number of hydrogen-bond donors (Lipinski definition) is 2. The van der Waals surface area contributed by atoms with Crippen molar-refractivity contribution < 1.29 is 9.59 Å². The van der Waals surface area contributed by atoms with Crippen LogP contribution in [0, 0.1) is 6.92 Å². The Labute approximate surface area is 159 Å². The third-order valence-electron chi connectivity index (χ3n) is 3.50. The number of benzene rings is 2. The van der Waals surface area contributed by atoms with Crippen molar-refractivity contribution >= 4 is 34.9 Å². The van der Waals surface area contributed by atoms with Gasteiger partial charge in [-0.3, -0.25) is 20.4 Å². The van der Waals surface area contributed by atoms with E-state index in [1.807, 2.05) is 30.5 Å². The normalized spacial score (nSPS) is 10.3. The summed E-state index contributed by atoms with van der Waals surface area (Å²) >= 11 is 3.15. The Balaban J connectivity index is 1.63. The average Bonchev–Trinajstić information content (AvgIpc) is 3.10. The summed E-state index contributed by atoms with van der Waals surface area (Å²) < 4.78 is 0. The Kier molecular flexibility index (Phi) is 6.04. The van der Waals surface area contributed by atoms with E-state index in [9.17, 15) is 9.59 Å². The molecule has 0 aliphatic heterocycles. The van der Waals surface area contributed by atoms with Crippen LogP contribution in [0.4, 0.5) is 0 Å². The molecule has 0 atom stereocenters. The third-order valence-corrected chi connectivity index (χ3v) is 5.43. The molecule has 0 spiro atoms. The molecule has 0 aliphatic rings. The molecule has 0 saturated heterocycles. The van der Waals surface area contributed by atoms with E-state index in [0.717, 1.165) is 15.6 Å². The van der Waals surface area contributed by atoms with Crippen molar-refractivity contribution in [2.45, 2.75) is 17.6 Å². The minimum absolute atomic E-state index is 0.355. The second-order valence-electron chi connectivity index (χ2n) is 5.42. The predicted molar refractivity (Wildman–Crippen MR) is 104 cm³/mol. The van der Waals surface area contributed by atoms with Gasteiger partial charge < -0.3 is 0 Å². The van der Waals surface area contributed by atoms with Crippen LogP contribution in [0.25, 0.3) is 0 Å². The fraction of sp³-hybridized carbons (Fsp3) is 0.105. The van der Waals surface area contributed by atoms with E-state index in [1.165, 1.54) is 0 Å². The Morgan fingerprint density at radius 2 is 1.69 bits per heavy atom. The van der Waals surface area contributed by atoms with Crippen LogP contribution in [0.5, 0.6) is 0 Å². The number of hydrogen-bond acceptors (Lipinski definition) is 5. The highest BCUT2D eigenvalue weighted by molar-refractivity contribution is 7.98. The number of nitrogens with one attached hydrogen (secondary N) is 2. The van der Waals surface area contributed by atoms with E-state index in [-0.39, 0.29) is 11.8 Å². The molecule has 0 fully saturated rings. The molecule has 0 unspecified atom stereocenters. The number of thiazole rings is 1. The van der Waals surface area contributed by atoms with Crippen molar-refractivity contribution in [3.8, 4) is 0 Å². The molecule has 132 valence electrons. The van der Waals surface area contributed by atoms with Crippen molar-refractivity contribution in [2.75, 3.05) is 0 Å². The molecule has 0 bridgehead atoms. The summed E-state index contributed by atoms with van der Waals surface area (Å²) in [6, 6.07) is 16.0. The van der Waals surface area contributed by atoms with Gasteiger partial charge in [-0.05, 0) is 31.2 Å². The summed E-state index contributed by atoms with van der Waals surface area (Å²) in [5.41, 5.74) is 6.90. The van der Waals surface area contributed by atoms with Crippen molar-refractivity contribution in [1.82, 2.24) is 15.8 Å². The van der Waals surface area contributed by atoms with Gasteiger partial charge in [0.2, 0.25) is 0 Å². The number of aryl methyl sites for hydroxylation is 1. The van der Waals surface area contributed by atoms with E-state index in [4.69, 9.17) is 0 Å². The fourth-order valence-corrected chi connectivity index (χ4v) is 3.91. The number of nitrogens with zero attached hydrogens (tertiary/aromatic N) is 1. The van der Waals surface area contributed by atoms with Gasteiger partial charge >= 0.3 is 0 Å². The molecule has 0 saturated carbocycles. The SMILES string of the molecule is Cc1nc(CSc2ccccc2C(=O)NNC(=O)c2ccccc2)cs1. The van der Waals surface area contributed by atoms with Gasteiger partial charge in [0, 0.05) is 21.6 Å².